The van der Waals surface area contributed by atoms with Crippen molar-refractivity contribution in [2.24, 2.45) is 17.8 Å². The third-order valence-electron chi connectivity index (χ3n) is 6.05. The van der Waals surface area contributed by atoms with Gasteiger partial charge in [-0.25, -0.2) is 0 Å². The smallest absolute Gasteiger partial charge is 0.230 e. The Morgan fingerprint density at radius 3 is 2.44 bits per heavy atom. The molecule has 1 aliphatic heterocycles. The summed E-state index contributed by atoms with van der Waals surface area (Å²) in [5, 5.41) is 0. The maximum Gasteiger partial charge on any atom is 0.230 e. The van der Waals surface area contributed by atoms with Crippen LogP contribution in [0, 0.1) is 17.8 Å². The Bertz CT molecular complexity index is 530. The van der Waals surface area contributed by atoms with Gasteiger partial charge in [0.25, 0.3) is 0 Å². The first-order chi connectivity index (χ1) is 12.0. The predicted octanol–water partition coefficient (Wildman–Crippen LogP) is 4.73. The maximum atomic E-state index is 13.6. The Morgan fingerprint density at radius 2 is 1.88 bits per heavy atom. The van der Waals surface area contributed by atoms with E-state index in [1.165, 1.54) is 0 Å². The first-order valence-corrected chi connectivity index (χ1v) is 9.87. The molecule has 0 saturated carbocycles. The molecule has 1 amide bonds. The highest BCUT2D eigenvalue weighted by molar-refractivity contribution is 5.84. The first-order valence-electron chi connectivity index (χ1n) is 9.87. The lowest BCUT2D eigenvalue weighted by Gasteiger charge is -2.34. The minimum atomic E-state index is -0.0425. The van der Waals surface area contributed by atoms with Gasteiger partial charge in [0.1, 0.15) is 0 Å². The summed E-state index contributed by atoms with van der Waals surface area (Å²) in [6.45, 7) is 10.5. The van der Waals surface area contributed by atoms with Crippen molar-refractivity contribution in [1.82, 2.24) is 4.90 Å². The number of carbonyl (C=O) groups is 1. The second-order valence-corrected chi connectivity index (χ2v) is 7.77. The Kier molecular flexibility index (Phi) is 7.49. The van der Waals surface area contributed by atoms with Crippen LogP contribution in [-0.4, -0.2) is 37.1 Å². The number of rotatable bonds is 8. The normalized spacial score (nSPS) is 24.1. The molecule has 0 aromatic heterocycles. The van der Waals surface area contributed by atoms with E-state index >= 15 is 0 Å². The van der Waals surface area contributed by atoms with Crippen molar-refractivity contribution in [3.05, 3.63) is 35.9 Å². The average Bonchev–Trinajstić information content (AvgIpc) is 3.06. The highest BCUT2D eigenvalue weighted by atomic mass is 16.5. The maximum absolute atomic E-state index is 13.6. The molecule has 2 rings (SSSR count). The van der Waals surface area contributed by atoms with Crippen molar-refractivity contribution in [1.29, 1.82) is 0 Å². The van der Waals surface area contributed by atoms with E-state index in [1.54, 1.807) is 7.11 Å². The highest BCUT2D eigenvalue weighted by Gasteiger charge is 2.41. The molecule has 0 N–H and O–H groups in total. The van der Waals surface area contributed by atoms with Crippen molar-refractivity contribution in [3.8, 4) is 0 Å². The van der Waals surface area contributed by atoms with E-state index in [-0.39, 0.29) is 5.92 Å². The SMILES string of the molecule is CCC(C)C(C(=O)N1CC(COC)C[C@H]1C(C)CC)c1ccccc1. The van der Waals surface area contributed by atoms with Gasteiger partial charge in [0.2, 0.25) is 5.91 Å². The van der Waals surface area contributed by atoms with Gasteiger partial charge in [-0.15, -0.1) is 0 Å². The standard InChI is InChI=1S/C22H35NO2/c1-6-16(3)20-13-18(15-25-5)14-23(20)22(24)21(17(4)7-2)19-11-9-8-10-12-19/h8-12,16-18,20-21H,6-7,13-15H2,1-5H3/t16?,17?,18?,20-,21?/m0/s1. The van der Waals surface area contributed by atoms with Gasteiger partial charge in [0.05, 0.1) is 12.5 Å². The number of nitrogens with zero attached hydrogens (tertiary/aromatic N) is 1. The molecule has 3 heteroatoms. The van der Waals surface area contributed by atoms with Crippen LogP contribution in [-0.2, 0) is 9.53 Å². The highest BCUT2D eigenvalue weighted by Crippen LogP contribution is 2.36. The fourth-order valence-corrected chi connectivity index (χ4v) is 4.17. The van der Waals surface area contributed by atoms with Gasteiger partial charge in [-0.2, -0.15) is 0 Å². The largest absolute Gasteiger partial charge is 0.384 e. The van der Waals surface area contributed by atoms with E-state index in [4.69, 9.17) is 4.74 Å². The molecule has 1 fully saturated rings. The van der Waals surface area contributed by atoms with E-state index in [0.29, 0.717) is 29.7 Å². The van der Waals surface area contributed by atoms with Crippen LogP contribution in [0.15, 0.2) is 30.3 Å². The van der Waals surface area contributed by atoms with Gasteiger partial charge < -0.3 is 9.64 Å². The summed E-state index contributed by atoms with van der Waals surface area (Å²) in [6, 6.07) is 10.7. The fraction of sp³-hybridized carbons (Fsp3) is 0.682. The lowest BCUT2D eigenvalue weighted by atomic mass is 9.84. The zero-order valence-corrected chi connectivity index (χ0v) is 16.6. The minimum Gasteiger partial charge on any atom is -0.384 e. The van der Waals surface area contributed by atoms with Crippen LogP contribution in [0.3, 0.4) is 0 Å². The van der Waals surface area contributed by atoms with E-state index in [0.717, 1.165) is 38.0 Å². The summed E-state index contributed by atoms with van der Waals surface area (Å²) in [5.74, 6) is 1.60. The molecule has 5 atom stereocenters. The second kappa shape index (κ2) is 9.38. The molecular weight excluding hydrogens is 310 g/mol. The molecule has 140 valence electrons. The van der Waals surface area contributed by atoms with Gasteiger partial charge in [-0.3, -0.25) is 4.79 Å². The van der Waals surface area contributed by atoms with Crippen molar-refractivity contribution >= 4 is 5.91 Å². The fourth-order valence-electron chi connectivity index (χ4n) is 4.17. The van der Waals surface area contributed by atoms with Gasteiger partial charge in [-0.1, -0.05) is 70.9 Å². The number of benzene rings is 1. The summed E-state index contributed by atoms with van der Waals surface area (Å²) >= 11 is 0. The topological polar surface area (TPSA) is 29.5 Å². The molecule has 1 saturated heterocycles. The minimum absolute atomic E-state index is 0.0425. The van der Waals surface area contributed by atoms with Gasteiger partial charge in [0.15, 0.2) is 0 Å². The molecule has 0 spiro atoms. The summed E-state index contributed by atoms with van der Waals surface area (Å²) in [7, 11) is 1.76. The molecule has 1 heterocycles. The van der Waals surface area contributed by atoms with Crippen LogP contribution in [0.5, 0.6) is 0 Å². The molecule has 1 aromatic carbocycles. The third kappa shape index (κ3) is 4.63. The first kappa shape index (κ1) is 20.0. The van der Waals surface area contributed by atoms with E-state index in [9.17, 15) is 4.79 Å². The molecule has 3 nitrogen and oxygen atoms in total. The van der Waals surface area contributed by atoms with Gasteiger partial charge in [0, 0.05) is 25.6 Å². The summed E-state index contributed by atoms with van der Waals surface area (Å²) in [4.78, 5) is 15.8. The molecule has 1 aromatic rings. The zero-order chi connectivity index (χ0) is 18.4. The second-order valence-electron chi connectivity index (χ2n) is 7.77. The van der Waals surface area contributed by atoms with Crippen LogP contribution in [0.25, 0.3) is 0 Å². The number of methoxy groups -OCH3 is 1. The third-order valence-corrected chi connectivity index (χ3v) is 6.05. The van der Waals surface area contributed by atoms with Crippen LogP contribution in [0.2, 0.25) is 0 Å². The number of carbonyl (C=O) groups excluding carboxylic acids is 1. The monoisotopic (exact) mass is 345 g/mol. The number of hydrogen-bond acceptors (Lipinski definition) is 2. The lowest BCUT2D eigenvalue weighted by molar-refractivity contribution is -0.136. The van der Waals surface area contributed by atoms with Crippen LogP contribution >= 0.6 is 0 Å². The molecule has 0 bridgehead atoms. The van der Waals surface area contributed by atoms with Gasteiger partial charge >= 0.3 is 0 Å². The number of amides is 1. The molecule has 0 radical (unpaired) electrons. The average molecular weight is 346 g/mol. The molecule has 0 aliphatic carbocycles. The predicted molar refractivity (Wildman–Crippen MR) is 104 cm³/mol. The lowest BCUT2D eigenvalue weighted by Crippen LogP contribution is -2.43. The molecule has 25 heavy (non-hydrogen) atoms. The summed E-state index contributed by atoms with van der Waals surface area (Å²) < 4.78 is 5.39. The molecular formula is C22H35NO2. The number of ether oxygens (including phenoxy) is 1. The Labute approximate surface area is 153 Å². The van der Waals surface area contributed by atoms with E-state index in [2.05, 4.69) is 44.7 Å². The Hall–Kier alpha value is -1.35. The Balaban J connectivity index is 2.29. The van der Waals surface area contributed by atoms with Crippen LogP contribution in [0.1, 0.15) is 58.4 Å². The van der Waals surface area contributed by atoms with Crippen molar-refractivity contribution in [2.45, 2.75) is 58.9 Å². The van der Waals surface area contributed by atoms with E-state index < -0.39 is 0 Å². The van der Waals surface area contributed by atoms with Crippen molar-refractivity contribution < 1.29 is 9.53 Å². The summed E-state index contributed by atoms with van der Waals surface area (Å²) in [6.07, 6.45) is 3.18. The van der Waals surface area contributed by atoms with E-state index in [1.807, 2.05) is 18.2 Å². The van der Waals surface area contributed by atoms with Crippen LogP contribution < -0.4 is 0 Å². The van der Waals surface area contributed by atoms with Crippen LogP contribution in [0.4, 0.5) is 0 Å². The summed E-state index contributed by atoms with van der Waals surface area (Å²) in [5.41, 5.74) is 1.15. The number of hydrogen-bond donors (Lipinski definition) is 0. The number of likely N-dealkylation sites (tertiary alicyclic amines) is 1. The van der Waals surface area contributed by atoms with Gasteiger partial charge in [-0.05, 0) is 23.8 Å². The molecule has 1 aliphatic rings. The Morgan fingerprint density at radius 1 is 1.20 bits per heavy atom. The zero-order valence-electron chi connectivity index (χ0n) is 16.6. The van der Waals surface area contributed by atoms with Crippen molar-refractivity contribution in [2.75, 3.05) is 20.3 Å². The quantitative estimate of drug-likeness (QED) is 0.682. The molecule has 4 unspecified atom stereocenters. The van der Waals surface area contributed by atoms with Crippen molar-refractivity contribution in [3.63, 3.8) is 0 Å².